The van der Waals surface area contributed by atoms with Gasteiger partial charge in [-0.25, -0.2) is 4.79 Å². The topological polar surface area (TPSA) is 95.3 Å². The minimum atomic E-state index is -1.02. The van der Waals surface area contributed by atoms with Gasteiger partial charge in [-0.05, 0) is 36.6 Å². The van der Waals surface area contributed by atoms with Crippen LogP contribution < -0.4 is 4.74 Å². The predicted octanol–water partition coefficient (Wildman–Crippen LogP) is 2.77. The van der Waals surface area contributed by atoms with Crippen LogP contribution in [-0.2, 0) is 0 Å². The van der Waals surface area contributed by atoms with Crippen LogP contribution in [0.2, 0.25) is 0 Å². The average Bonchev–Trinajstić information content (AvgIpc) is 2.28. The molecule has 0 aliphatic carbocycles. The molecule has 1 rings (SSSR count). The van der Waals surface area contributed by atoms with Crippen molar-refractivity contribution in [3.63, 3.8) is 0 Å². The Morgan fingerprint density at radius 2 is 2.35 bits per heavy atom. The highest BCUT2D eigenvalue weighted by Crippen LogP contribution is 2.20. The van der Waals surface area contributed by atoms with Crippen LogP contribution in [0.4, 0.5) is 0 Å². The van der Waals surface area contributed by atoms with E-state index in [9.17, 15) is 4.79 Å². The van der Waals surface area contributed by atoms with E-state index in [4.69, 9.17) is 15.4 Å². The van der Waals surface area contributed by atoms with Crippen LogP contribution in [0.15, 0.2) is 23.3 Å². The Bertz CT molecular complexity index is 453. The fourth-order valence-electron chi connectivity index (χ4n) is 1.29. The monoisotopic (exact) mass is 235 g/mol. The molecular formula is C11H13N3O3. The molecule has 0 radical (unpaired) electrons. The molecule has 6 heteroatoms. The van der Waals surface area contributed by atoms with Gasteiger partial charge in [-0.15, -0.1) is 0 Å². The lowest BCUT2D eigenvalue weighted by Gasteiger charge is -2.09. The van der Waals surface area contributed by atoms with Crippen molar-refractivity contribution in [2.24, 2.45) is 5.11 Å². The number of hydrogen-bond acceptors (Lipinski definition) is 3. The van der Waals surface area contributed by atoms with Gasteiger partial charge in [0, 0.05) is 11.5 Å². The van der Waals surface area contributed by atoms with E-state index in [-0.39, 0.29) is 5.56 Å². The van der Waals surface area contributed by atoms with Crippen molar-refractivity contribution >= 4 is 5.97 Å². The second kappa shape index (κ2) is 6.40. The molecule has 0 fully saturated rings. The number of aromatic carboxylic acids is 1. The van der Waals surface area contributed by atoms with Crippen LogP contribution in [0.1, 0.15) is 22.3 Å². The SMILES string of the molecule is Cc1ccc(C(=O)O)c(OCCCN=[N+]=[N-])c1. The molecule has 0 aliphatic rings. The van der Waals surface area contributed by atoms with E-state index in [0.29, 0.717) is 25.3 Å². The van der Waals surface area contributed by atoms with Gasteiger partial charge in [0.1, 0.15) is 11.3 Å². The first-order valence-corrected chi connectivity index (χ1v) is 5.12. The highest BCUT2D eigenvalue weighted by Gasteiger charge is 2.10. The molecule has 1 aromatic rings. The minimum Gasteiger partial charge on any atom is -0.493 e. The third-order valence-corrected chi connectivity index (χ3v) is 2.09. The largest absolute Gasteiger partial charge is 0.493 e. The van der Waals surface area contributed by atoms with Crippen molar-refractivity contribution in [2.75, 3.05) is 13.2 Å². The summed E-state index contributed by atoms with van der Waals surface area (Å²) in [4.78, 5) is 13.5. The number of carboxylic acid groups (broad SMARTS) is 1. The molecule has 90 valence electrons. The fraction of sp³-hybridized carbons (Fsp3) is 0.364. The Balaban J connectivity index is 2.65. The number of azide groups is 1. The normalized spacial score (nSPS) is 9.47. The molecule has 1 aromatic carbocycles. The summed E-state index contributed by atoms with van der Waals surface area (Å²) < 4.78 is 5.36. The van der Waals surface area contributed by atoms with Crippen molar-refractivity contribution < 1.29 is 14.6 Å². The number of nitrogens with zero attached hydrogens (tertiary/aromatic N) is 3. The first kappa shape index (κ1) is 12.9. The molecule has 0 aliphatic heterocycles. The van der Waals surface area contributed by atoms with Crippen molar-refractivity contribution in [1.82, 2.24) is 0 Å². The van der Waals surface area contributed by atoms with Crippen LogP contribution >= 0.6 is 0 Å². The number of rotatable bonds is 6. The number of carbonyl (C=O) groups is 1. The quantitative estimate of drug-likeness (QED) is 0.355. The van der Waals surface area contributed by atoms with Gasteiger partial charge in [0.2, 0.25) is 0 Å². The number of hydrogen-bond donors (Lipinski definition) is 1. The lowest BCUT2D eigenvalue weighted by molar-refractivity contribution is 0.0692. The highest BCUT2D eigenvalue weighted by molar-refractivity contribution is 5.90. The van der Waals surface area contributed by atoms with E-state index < -0.39 is 5.97 Å². The number of ether oxygens (including phenoxy) is 1. The van der Waals surface area contributed by atoms with Crippen molar-refractivity contribution in [1.29, 1.82) is 0 Å². The maximum absolute atomic E-state index is 10.9. The number of aryl methyl sites for hydroxylation is 1. The summed E-state index contributed by atoms with van der Waals surface area (Å²) in [6.07, 6.45) is 0.553. The van der Waals surface area contributed by atoms with Crippen molar-refractivity contribution in [2.45, 2.75) is 13.3 Å². The van der Waals surface area contributed by atoms with Crippen LogP contribution in [0.3, 0.4) is 0 Å². The lowest BCUT2D eigenvalue weighted by Crippen LogP contribution is -2.05. The highest BCUT2D eigenvalue weighted by atomic mass is 16.5. The number of carboxylic acids is 1. The van der Waals surface area contributed by atoms with Gasteiger partial charge in [0.25, 0.3) is 0 Å². The van der Waals surface area contributed by atoms with E-state index in [1.807, 2.05) is 6.92 Å². The first-order valence-electron chi connectivity index (χ1n) is 5.12. The molecule has 0 spiro atoms. The Morgan fingerprint density at radius 3 is 3.00 bits per heavy atom. The van der Waals surface area contributed by atoms with Crippen molar-refractivity contribution in [3.05, 3.63) is 39.8 Å². The molecule has 17 heavy (non-hydrogen) atoms. The smallest absolute Gasteiger partial charge is 0.339 e. The van der Waals surface area contributed by atoms with Gasteiger partial charge < -0.3 is 9.84 Å². The minimum absolute atomic E-state index is 0.138. The molecule has 0 heterocycles. The van der Waals surface area contributed by atoms with E-state index in [1.165, 1.54) is 6.07 Å². The first-order chi connectivity index (χ1) is 8.15. The van der Waals surface area contributed by atoms with Gasteiger partial charge in [-0.1, -0.05) is 11.2 Å². The second-order valence-corrected chi connectivity index (χ2v) is 3.46. The second-order valence-electron chi connectivity index (χ2n) is 3.46. The summed E-state index contributed by atoms with van der Waals surface area (Å²) in [5, 5.41) is 12.3. The van der Waals surface area contributed by atoms with Crippen LogP contribution in [0.5, 0.6) is 5.75 Å². The Hall–Kier alpha value is -2.20. The molecule has 0 saturated carbocycles. The van der Waals surface area contributed by atoms with Gasteiger partial charge >= 0.3 is 5.97 Å². The molecule has 6 nitrogen and oxygen atoms in total. The van der Waals surface area contributed by atoms with Gasteiger partial charge in [-0.3, -0.25) is 0 Å². The van der Waals surface area contributed by atoms with Gasteiger partial charge in [0.05, 0.1) is 6.61 Å². The predicted molar refractivity (Wildman–Crippen MR) is 62.3 cm³/mol. The van der Waals surface area contributed by atoms with Crippen LogP contribution in [0.25, 0.3) is 10.4 Å². The summed E-state index contributed by atoms with van der Waals surface area (Å²) in [6.45, 7) is 2.52. The van der Waals surface area contributed by atoms with Crippen LogP contribution in [0, 0.1) is 6.92 Å². The summed E-state index contributed by atoms with van der Waals surface area (Å²) in [6, 6.07) is 4.91. The van der Waals surface area contributed by atoms with E-state index >= 15 is 0 Å². The average molecular weight is 235 g/mol. The molecule has 0 unspecified atom stereocenters. The Labute approximate surface area is 98.5 Å². The molecule has 0 amide bonds. The fourth-order valence-corrected chi connectivity index (χ4v) is 1.29. The molecule has 1 N–H and O–H groups in total. The summed E-state index contributed by atoms with van der Waals surface area (Å²) in [7, 11) is 0. The zero-order valence-corrected chi connectivity index (χ0v) is 9.46. The maximum atomic E-state index is 10.9. The third kappa shape index (κ3) is 4.04. The zero-order chi connectivity index (χ0) is 12.7. The summed E-state index contributed by atoms with van der Waals surface area (Å²) >= 11 is 0. The standard InChI is InChI=1S/C11H13N3O3/c1-8-3-4-9(11(15)16)10(7-8)17-6-2-5-13-14-12/h3-4,7H,2,5-6H2,1H3,(H,15,16). The summed E-state index contributed by atoms with van der Waals surface area (Å²) in [5.74, 6) is -0.673. The van der Waals surface area contributed by atoms with Gasteiger partial charge in [-0.2, -0.15) is 0 Å². The van der Waals surface area contributed by atoms with E-state index in [2.05, 4.69) is 10.0 Å². The van der Waals surface area contributed by atoms with E-state index in [0.717, 1.165) is 5.56 Å². The Morgan fingerprint density at radius 1 is 1.59 bits per heavy atom. The lowest BCUT2D eigenvalue weighted by atomic mass is 10.1. The Kier molecular flexibility index (Phi) is 4.84. The molecular weight excluding hydrogens is 222 g/mol. The number of benzene rings is 1. The molecule has 0 aromatic heterocycles. The van der Waals surface area contributed by atoms with E-state index in [1.54, 1.807) is 12.1 Å². The van der Waals surface area contributed by atoms with Crippen LogP contribution in [-0.4, -0.2) is 24.2 Å². The summed E-state index contributed by atoms with van der Waals surface area (Å²) in [5.41, 5.74) is 9.14. The third-order valence-electron chi connectivity index (χ3n) is 2.09. The van der Waals surface area contributed by atoms with Crippen molar-refractivity contribution in [3.8, 4) is 5.75 Å². The molecule has 0 bridgehead atoms. The molecule has 0 atom stereocenters. The van der Waals surface area contributed by atoms with Gasteiger partial charge in [0.15, 0.2) is 0 Å². The molecule has 0 saturated heterocycles. The zero-order valence-electron chi connectivity index (χ0n) is 9.46. The maximum Gasteiger partial charge on any atom is 0.339 e.